The van der Waals surface area contributed by atoms with Gasteiger partial charge in [0, 0.05) is 5.56 Å². The minimum absolute atomic E-state index is 0.118. The van der Waals surface area contributed by atoms with Gasteiger partial charge in [0.1, 0.15) is 16.8 Å². The Morgan fingerprint density at radius 1 is 1.38 bits per heavy atom. The van der Waals surface area contributed by atoms with Crippen molar-refractivity contribution in [2.45, 2.75) is 24.3 Å². The van der Waals surface area contributed by atoms with Crippen molar-refractivity contribution in [3.63, 3.8) is 0 Å². The monoisotopic (exact) mass is 380 g/mol. The van der Waals surface area contributed by atoms with Crippen LogP contribution < -0.4 is 16.6 Å². The summed E-state index contributed by atoms with van der Waals surface area (Å²) in [4.78, 5) is 42.4. The van der Waals surface area contributed by atoms with Crippen LogP contribution in [-0.4, -0.2) is 33.7 Å². The molecule has 1 aromatic carbocycles. The standard InChI is InChI=1S/C16H17FN4O4S/c1-3-25-15(24)8(2)26-16-20-12(18)11(14(23)21-16)19-13(22)9-4-6-10(17)7-5-9/h4-8H,3H2,1-2H3,(H,19,22)(H3,18,20,21,23)/t8-/m1/s1. The molecule has 0 aliphatic carbocycles. The summed E-state index contributed by atoms with van der Waals surface area (Å²) in [5.74, 6) is -1.78. The van der Waals surface area contributed by atoms with E-state index >= 15 is 0 Å². The van der Waals surface area contributed by atoms with Crippen LogP contribution in [0.2, 0.25) is 0 Å². The lowest BCUT2D eigenvalue weighted by Crippen LogP contribution is -2.24. The minimum Gasteiger partial charge on any atom is -0.465 e. The van der Waals surface area contributed by atoms with Gasteiger partial charge in [-0.25, -0.2) is 9.37 Å². The topological polar surface area (TPSA) is 127 Å². The van der Waals surface area contributed by atoms with Crippen LogP contribution in [0.1, 0.15) is 24.2 Å². The first-order valence-corrected chi connectivity index (χ1v) is 8.49. The number of hydrogen-bond acceptors (Lipinski definition) is 7. The van der Waals surface area contributed by atoms with Gasteiger partial charge in [0.05, 0.1) is 6.61 Å². The zero-order chi connectivity index (χ0) is 19.3. The molecule has 0 aliphatic rings. The molecule has 1 atom stereocenters. The molecule has 4 N–H and O–H groups in total. The number of nitrogens with two attached hydrogens (primary N) is 1. The van der Waals surface area contributed by atoms with Crippen LogP contribution in [-0.2, 0) is 9.53 Å². The average Bonchev–Trinajstić information content (AvgIpc) is 2.58. The van der Waals surface area contributed by atoms with Crippen LogP contribution in [0, 0.1) is 5.82 Å². The lowest BCUT2D eigenvalue weighted by molar-refractivity contribution is -0.142. The molecule has 138 valence electrons. The van der Waals surface area contributed by atoms with Crippen molar-refractivity contribution >= 4 is 35.1 Å². The molecule has 2 aromatic rings. The number of ether oxygens (including phenoxy) is 1. The highest BCUT2D eigenvalue weighted by Gasteiger charge is 2.19. The van der Waals surface area contributed by atoms with Crippen molar-refractivity contribution in [1.82, 2.24) is 9.97 Å². The number of amides is 1. The molecule has 8 nitrogen and oxygen atoms in total. The van der Waals surface area contributed by atoms with E-state index in [9.17, 15) is 18.8 Å². The molecule has 0 fully saturated rings. The lowest BCUT2D eigenvalue weighted by atomic mass is 10.2. The van der Waals surface area contributed by atoms with Crippen molar-refractivity contribution in [3.8, 4) is 0 Å². The van der Waals surface area contributed by atoms with E-state index in [0.717, 1.165) is 23.9 Å². The second-order valence-electron chi connectivity index (χ2n) is 5.10. The van der Waals surface area contributed by atoms with Gasteiger partial charge in [0.2, 0.25) is 0 Å². The summed E-state index contributed by atoms with van der Waals surface area (Å²) in [6.07, 6.45) is 0. The van der Waals surface area contributed by atoms with Crippen molar-refractivity contribution in [2.75, 3.05) is 17.7 Å². The number of thioether (sulfide) groups is 1. The van der Waals surface area contributed by atoms with Crippen LogP contribution in [0.4, 0.5) is 15.9 Å². The Bertz CT molecular complexity index is 870. The molecule has 10 heteroatoms. The van der Waals surface area contributed by atoms with Crippen LogP contribution in [0.15, 0.2) is 34.2 Å². The number of nitrogens with zero attached hydrogens (tertiary/aromatic N) is 1. The Balaban J connectivity index is 2.16. The number of aromatic nitrogens is 2. The number of carbonyl (C=O) groups is 2. The number of hydrogen-bond donors (Lipinski definition) is 3. The Morgan fingerprint density at radius 2 is 2.04 bits per heavy atom. The van der Waals surface area contributed by atoms with E-state index in [4.69, 9.17) is 10.5 Å². The molecule has 0 spiro atoms. The summed E-state index contributed by atoms with van der Waals surface area (Å²) in [6, 6.07) is 4.79. The quantitative estimate of drug-likeness (QED) is 0.396. The van der Waals surface area contributed by atoms with E-state index in [2.05, 4.69) is 15.3 Å². The molecule has 1 amide bonds. The van der Waals surface area contributed by atoms with Gasteiger partial charge in [-0.15, -0.1) is 0 Å². The molecule has 0 bridgehead atoms. The fourth-order valence-electron chi connectivity index (χ4n) is 1.91. The van der Waals surface area contributed by atoms with E-state index in [1.54, 1.807) is 13.8 Å². The number of rotatable bonds is 6. The number of anilines is 2. The summed E-state index contributed by atoms with van der Waals surface area (Å²) in [5, 5.41) is 1.86. The molecular weight excluding hydrogens is 363 g/mol. The zero-order valence-electron chi connectivity index (χ0n) is 14.0. The van der Waals surface area contributed by atoms with E-state index in [0.29, 0.717) is 0 Å². The van der Waals surface area contributed by atoms with Crippen molar-refractivity contribution in [1.29, 1.82) is 0 Å². The van der Waals surface area contributed by atoms with Gasteiger partial charge in [0.25, 0.3) is 11.5 Å². The Labute approximate surface area is 152 Å². The van der Waals surface area contributed by atoms with E-state index in [-0.39, 0.29) is 28.8 Å². The molecule has 26 heavy (non-hydrogen) atoms. The average molecular weight is 380 g/mol. The fraction of sp³-hybridized carbons (Fsp3) is 0.250. The van der Waals surface area contributed by atoms with Gasteiger partial charge in [-0.05, 0) is 38.1 Å². The second-order valence-corrected chi connectivity index (χ2v) is 6.43. The number of nitrogen functional groups attached to an aromatic ring is 1. The number of nitrogens with one attached hydrogen (secondary N) is 2. The van der Waals surface area contributed by atoms with Crippen LogP contribution in [0.3, 0.4) is 0 Å². The van der Waals surface area contributed by atoms with Crippen LogP contribution in [0.5, 0.6) is 0 Å². The second kappa shape index (κ2) is 8.48. The fourth-order valence-corrected chi connectivity index (χ4v) is 2.71. The maximum atomic E-state index is 12.9. The van der Waals surface area contributed by atoms with Crippen molar-refractivity contribution in [3.05, 3.63) is 46.0 Å². The first-order chi connectivity index (χ1) is 12.3. The molecular formula is C16H17FN4O4S. The van der Waals surface area contributed by atoms with E-state index in [1.165, 1.54) is 12.1 Å². The SMILES string of the molecule is CCOC(=O)[C@@H](C)Sc1nc(N)c(NC(=O)c2ccc(F)cc2)c(=O)[nH]1. The molecule has 2 rings (SSSR count). The Kier molecular flexibility index (Phi) is 6.34. The summed E-state index contributed by atoms with van der Waals surface area (Å²) < 4.78 is 17.8. The first kappa shape index (κ1) is 19.4. The van der Waals surface area contributed by atoms with Crippen molar-refractivity contribution in [2.24, 2.45) is 0 Å². The van der Waals surface area contributed by atoms with E-state index < -0.39 is 28.5 Å². The lowest BCUT2D eigenvalue weighted by Gasteiger charge is -2.11. The highest BCUT2D eigenvalue weighted by molar-refractivity contribution is 8.00. The number of carbonyl (C=O) groups excluding carboxylic acids is 2. The maximum Gasteiger partial charge on any atom is 0.319 e. The summed E-state index contributed by atoms with van der Waals surface area (Å²) in [7, 11) is 0. The number of H-pyrrole nitrogens is 1. The van der Waals surface area contributed by atoms with Gasteiger partial charge in [-0.1, -0.05) is 11.8 Å². The van der Waals surface area contributed by atoms with Crippen LogP contribution in [0.25, 0.3) is 0 Å². The Morgan fingerprint density at radius 3 is 2.62 bits per heavy atom. The van der Waals surface area contributed by atoms with Gasteiger partial charge < -0.3 is 15.8 Å². The third-order valence-corrected chi connectivity index (χ3v) is 4.14. The normalized spacial score (nSPS) is 11.7. The summed E-state index contributed by atoms with van der Waals surface area (Å²) in [5.41, 5.74) is 5.00. The molecule has 0 radical (unpaired) electrons. The number of halogens is 1. The molecule has 0 unspecified atom stereocenters. The predicted octanol–water partition coefficient (Wildman–Crippen LogP) is 1.79. The predicted molar refractivity (Wildman–Crippen MR) is 95.6 cm³/mol. The third kappa shape index (κ3) is 4.82. The number of esters is 1. The zero-order valence-corrected chi connectivity index (χ0v) is 14.9. The largest absolute Gasteiger partial charge is 0.465 e. The number of aromatic amines is 1. The highest BCUT2D eigenvalue weighted by Crippen LogP contribution is 2.22. The van der Waals surface area contributed by atoms with Gasteiger partial charge in [0.15, 0.2) is 11.0 Å². The summed E-state index contributed by atoms with van der Waals surface area (Å²) >= 11 is 0.970. The highest BCUT2D eigenvalue weighted by atomic mass is 32.2. The van der Waals surface area contributed by atoms with Gasteiger partial charge in [-0.3, -0.25) is 19.4 Å². The first-order valence-electron chi connectivity index (χ1n) is 7.61. The van der Waals surface area contributed by atoms with Gasteiger partial charge in [-0.2, -0.15) is 0 Å². The summed E-state index contributed by atoms with van der Waals surface area (Å²) in [6.45, 7) is 3.53. The van der Waals surface area contributed by atoms with Crippen LogP contribution >= 0.6 is 11.8 Å². The van der Waals surface area contributed by atoms with E-state index in [1.807, 2.05) is 0 Å². The molecule has 0 saturated carbocycles. The van der Waals surface area contributed by atoms with Gasteiger partial charge >= 0.3 is 5.97 Å². The minimum atomic E-state index is -0.675. The van der Waals surface area contributed by atoms with Crippen molar-refractivity contribution < 1.29 is 18.7 Å². The molecule has 0 saturated heterocycles. The third-order valence-electron chi connectivity index (χ3n) is 3.18. The maximum absolute atomic E-state index is 12.9. The number of benzene rings is 1. The smallest absolute Gasteiger partial charge is 0.319 e. The molecule has 1 aromatic heterocycles. The molecule has 1 heterocycles. The molecule has 0 aliphatic heterocycles. The Hall–Kier alpha value is -2.88.